The van der Waals surface area contributed by atoms with Gasteiger partial charge in [-0.25, -0.2) is 0 Å². The Kier molecular flexibility index (Phi) is 6.65. The maximum Gasteiger partial charge on any atom is 0.0507 e. The van der Waals surface area contributed by atoms with Gasteiger partial charge in [0.15, 0.2) is 0 Å². The van der Waals surface area contributed by atoms with Crippen molar-refractivity contribution in [2.45, 2.75) is 32.7 Å². The van der Waals surface area contributed by atoms with Gasteiger partial charge in [-0.2, -0.15) is 11.8 Å². The van der Waals surface area contributed by atoms with Crippen LogP contribution in [0.5, 0.6) is 0 Å². The third-order valence-corrected chi connectivity index (χ3v) is 3.61. The topological polar surface area (TPSA) is 21.3 Å². The lowest BCUT2D eigenvalue weighted by molar-refractivity contribution is 0.184. The molecule has 1 N–H and O–H groups in total. The van der Waals surface area contributed by atoms with Crippen molar-refractivity contribution in [3.05, 3.63) is 0 Å². The molecule has 1 aliphatic heterocycles. The first-order chi connectivity index (χ1) is 6.83. The Bertz CT molecular complexity index is 137. The highest BCUT2D eigenvalue weighted by Crippen LogP contribution is 2.11. The first-order valence-corrected chi connectivity index (χ1v) is 6.87. The monoisotopic (exact) mass is 217 g/mol. The van der Waals surface area contributed by atoms with E-state index < -0.39 is 0 Å². The molecule has 3 heteroatoms. The van der Waals surface area contributed by atoms with Crippen molar-refractivity contribution < 1.29 is 4.74 Å². The second-order valence-electron chi connectivity index (χ2n) is 4.02. The summed E-state index contributed by atoms with van der Waals surface area (Å²) in [7, 11) is 0. The molecule has 2 nitrogen and oxygen atoms in total. The fourth-order valence-corrected chi connectivity index (χ4v) is 2.43. The van der Waals surface area contributed by atoms with Crippen molar-refractivity contribution >= 4 is 11.8 Å². The lowest BCUT2D eigenvalue weighted by Gasteiger charge is -2.15. The van der Waals surface area contributed by atoms with E-state index >= 15 is 0 Å². The van der Waals surface area contributed by atoms with Gasteiger partial charge in [0.1, 0.15) is 0 Å². The lowest BCUT2D eigenvalue weighted by atomic mass is 10.1. The maximum absolute atomic E-state index is 5.34. The first-order valence-electron chi connectivity index (χ1n) is 5.71. The van der Waals surface area contributed by atoms with Crippen LogP contribution in [0.1, 0.15) is 26.7 Å². The predicted octanol–water partition coefficient (Wildman–Crippen LogP) is 2.14. The minimum absolute atomic E-state index is 0.662. The zero-order valence-corrected chi connectivity index (χ0v) is 10.2. The molecular weight excluding hydrogens is 194 g/mol. The fourth-order valence-electron chi connectivity index (χ4n) is 1.62. The highest BCUT2D eigenvalue weighted by molar-refractivity contribution is 7.99. The molecule has 1 rings (SSSR count). The lowest BCUT2D eigenvalue weighted by Crippen LogP contribution is -2.31. The van der Waals surface area contributed by atoms with Gasteiger partial charge in [0.25, 0.3) is 0 Å². The van der Waals surface area contributed by atoms with Crippen molar-refractivity contribution in [1.29, 1.82) is 0 Å². The van der Waals surface area contributed by atoms with Crippen molar-refractivity contribution in [2.75, 3.05) is 31.3 Å². The highest BCUT2D eigenvalue weighted by Gasteiger charge is 2.15. The first kappa shape index (κ1) is 12.3. The Labute approximate surface area is 92.2 Å². The van der Waals surface area contributed by atoms with E-state index in [9.17, 15) is 0 Å². The van der Waals surface area contributed by atoms with E-state index in [1.165, 1.54) is 24.3 Å². The smallest absolute Gasteiger partial charge is 0.0507 e. The van der Waals surface area contributed by atoms with E-state index in [2.05, 4.69) is 19.2 Å². The van der Waals surface area contributed by atoms with E-state index in [0.29, 0.717) is 6.04 Å². The second kappa shape index (κ2) is 7.55. The number of hydrogen-bond acceptors (Lipinski definition) is 3. The van der Waals surface area contributed by atoms with Crippen LogP contribution in [0.3, 0.4) is 0 Å². The standard InChI is InChI=1S/C11H23NOS/c1-3-14-7-5-10(2)12-8-11-4-6-13-9-11/h10-12H,3-9H2,1-2H3. The van der Waals surface area contributed by atoms with Crippen molar-refractivity contribution in [2.24, 2.45) is 5.92 Å². The van der Waals surface area contributed by atoms with Crippen LogP contribution in [0, 0.1) is 5.92 Å². The zero-order chi connectivity index (χ0) is 10.2. The third kappa shape index (κ3) is 5.23. The molecule has 0 saturated carbocycles. The molecule has 0 aromatic carbocycles. The van der Waals surface area contributed by atoms with Crippen molar-refractivity contribution in [3.8, 4) is 0 Å². The average molecular weight is 217 g/mol. The zero-order valence-electron chi connectivity index (χ0n) is 9.42. The normalized spacial score (nSPS) is 24.0. The Morgan fingerprint density at radius 1 is 1.57 bits per heavy atom. The molecule has 84 valence electrons. The van der Waals surface area contributed by atoms with Gasteiger partial charge in [0, 0.05) is 19.2 Å². The molecule has 0 amide bonds. The summed E-state index contributed by atoms with van der Waals surface area (Å²) in [6.07, 6.45) is 2.52. The van der Waals surface area contributed by atoms with Crippen LogP contribution in [0.4, 0.5) is 0 Å². The molecule has 2 unspecified atom stereocenters. The van der Waals surface area contributed by atoms with Gasteiger partial charge < -0.3 is 10.1 Å². The van der Waals surface area contributed by atoms with Gasteiger partial charge in [0.05, 0.1) is 6.61 Å². The minimum Gasteiger partial charge on any atom is -0.381 e. The Morgan fingerprint density at radius 2 is 2.43 bits per heavy atom. The predicted molar refractivity (Wildman–Crippen MR) is 64.0 cm³/mol. The van der Waals surface area contributed by atoms with Crippen molar-refractivity contribution in [1.82, 2.24) is 5.32 Å². The quantitative estimate of drug-likeness (QED) is 0.660. The summed E-state index contributed by atoms with van der Waals surface area (Å²) in [6.45, 7) is 7.57. The van der Waals surface area contributed by atoms with Crippen molar-refractivity contribution in [3.63, 3.8) is 0 Å². The van der Waals surface area contributed by atoms with Crippen LogP contribution in [0.15, 0.2) is 0 Å². The van der Waals surface area contributed by atoms with Gasteiger partial charge in [-0.3, -0.25) is 0 Å². The maximum atomic E-state index is 5.34. The van der Waals surface area contributed by atoms with Gasteiger partial charge >= 0.3 is 0 Å². The Balaban J connectivity index is 1.93. The van der Waals surface area contributed by atoms with E-state index in [1.807, 2.05) is 11.8 Å². The Morgan fingerprint density at radius 3 is 3.07 bits per heavy atom. The minimum atomic E-state index is 0.662. The molecule has 0 aromatic rings. The van der Waals surface area contributed by atoms with Gasteiger partial charge in [-0.15, -0.1) is 0 Å². The van der Waals surface area contributed by atoms with Crippen LogP contribution in [0.2, 0.25) is 0 Å². The van der Waals surface area contributed by atoms with E-state index in [1.54, 1.807) is 0 Å². The number of rotatable bonds is 7. The molecule has 1 saturated heterocycles. The molecule has 1 heterocycles. The highest BCUT2D eigenvalue weighted by atomic mass is 32.2. The molecule has 0 aliphatic carbocycles. The summed E-state index contributed by atoms with van der Waals surface area (Å²) in [6, 6.07) is 0.662. The molecule has 0 aromatic heterocycles. The second-order valence-corrected chi connectivity index (χ2v) is 5.42. The molecule has 1 aliphatic rings. The van der Waals surface area contributed by atoms with Crippen LogP contribution in [-0.2, 0) is 4.74 Å². The summed E-state index contributed by atoms with van der Waals surface area (Å²) in [5.74, 6) is 3.28. The molecule has 0 bridgehead atoms. The van der Waals surface area contributed by atoms with E-state index in [0.717, 1.165) is 25.7 Å². The average Bonchev–Trinajstić information content (AvgIpc) is 2.68. The molecule has 0 spiro atoms. The van der Waals surface area contributed by atoms with E-state index in [-0.39, 0.29) is 0 Å². The number of thioether (sulfide) groups is 1. The van der Waals surface area contributed by atoms with Gasteiger partial charge in [-0.1, -0.05) is 6.92 Å². The van der Waals surface area contributed by atoms with E-state index in [4.69, 9.17) is 4.74 Å². The number of ether oxygens (including phenoxy) is 1. The summed E-state index contributed by atoms with van der Waals surface area (Å²) < 4.78 is 5.34. The largest absolute Gasteiger partial charge is 0.381 e. The van der Waals surface area contributed by atoms with Gasteiger partial charge in [0.2, 0.25) is 0 Å². The van der Waals surface area contributed by atoms with Crippen LogP contribution < -0.4 is 5.32 Å². The number of nitrogens with one attached hydrogen (secondary N) is 1. The third-order valence-electron chi connectivity index (χ3n) is 2.68. The molecule has 2 atom stereocenters. The molecular formula is C11H23NOS. The summed E-state index contributed by atoms with van der Waals surface area (Å²) >= 11 is 2.03. The summed E-state index contributed by atoms with van der Waals surface area (Å²) in [4.78, 5) is 0. The van der Waals surface area contributed by atoms with Crippen LogP contribution >= 0.6 is 11.8 Å². The summed E-state index contributed by atoms with van der Waals surface area (Å²) in [5, 5.41) is 3.59. The Hall–Kier alpha value is 0.270. The SMILES string of the molecule is CCSCCC(C)NCC1CCOC1. The van der Waals surface area contributed by atoms with Gasteiger partial charge in [-0.05, 0) is 37.2 Å². The summed E-state index contributed by atoms with van der Waals surface area (Å²) in [5.41, 5.74) is 0. The molecule has 1 fully saturated rings. The fraction of sp³-hybridized carbons (Fsp3) is 1.00. The number of hydrogen-bond donors (Lipinski definition) is 1. The molecule has 0 radical (unpaired) electrons. The van der Waals surface area contributed by atoms with Crippen LogP contribution in [0.25, 0.3) is 0 Å². The van der Waals surface area contributed by atoms with Crippen LogP contribution in [-0.4, -0.2) is 37.3 Å². The molecule has 14 heavy (non-hydrogen) atoms.